The Bertz CT molecular complexity index is 1220. The van der Waals surface area contributed by atoms with Crippen LogP contribution in [0.4, 0.5) is 26.3 Å². The van der Waals surface area contributed by atoms with Crippen LogP contribution < -0.4 is 0 Å². The van der Waals surface area contributed by atoms with E-state index in [4.69, 9.17) is 4.42 Å². The topological polar surface area (TPSA) is 30.2 Å². The highest BCUT2D eigenvalue weighted by atomic mass is 19.4. The van der Waals surface area contributed by atoms with Gasteiger partial charge in [-0.3, -0.25) is 4.79 Å². The number of allylic oxidation sites excluding steroid dienone is 3. The second kappa shape index (κ2) is 6.35. The first-order chi connectivity index (χ1) is 13.9. The van der Waals surface area contributed by atoms with Crippen LogP contribution in [-0.4, -0.2) is 5.78 Å². The van der Waals surface area contributed by atoms with E-state index in [9.17, 15) is 31.1 Å². The van der Waals surface area contributed by atoms with Crippen molar-refractivity contribution in [3.05, 3.63) is 77.1 Å². The van der Waals surface area contributed by atoms with Crippen molar-refractivity contribution in [2.45, 2.75) is 19.3 Å². The van der Waals surface area contributed by atoms with Crippen LogP contribution >= 0.6 is 0 Å². The molecule has 154 valence electrons. The highest BCUT2D eigenvalue weighted by Gasteiger charge is 2.37. The fraction of sp³-hybridized carbons (Fsp3) is 0.136. The van der Waals surface area contributed by atoms with Gasteiger partial charge in [0.25, 0.3) is 0 Å². The Hall–Kier alpha value is -3.29. The van der Waals surface area contributed by atoms with E-state index >= 15 is 0 Å². The molecule has 3 aromatic rings. The van der Waals surface area contributed by atoms with Gasteiger partial charge >= 0.3 is 12.4 Å². The third-order valence-corrected chi connectivity index (χ3v) is 4.96. The highest BCUT2D eigenvalue weighted by Crippen LogP contribution is 2.41. The molecule has 8 heteroatoms. The number of benzene rings is 2. The third-order valence-electron chi connectivity index (χ3n) is 4.96. The number of fused-ring (bicyclic) bond motifs is 3. The van der Waals surface area contributed by atoms with Crippen molar-refractivity contribution in [3.8, 4) is 11.1 Å². The molecule has 4 rings (SSSR count). The summed E-state index contributed by atoms with van der Waals surface area (Å²) < 4.78 is 84.4. The van der Waals surface area contributed by atoms with Crippen LogP contribution in [0.1, 0.15) is 34.2 Å². The molecule has 0 saturated heterocycles. The van der Waals surface area contributed by atoms with Crippen molar-refractivity contribution < 1.29 is 35.6 Å². The summed E-state index contributed by atoms with van der Waals surface area (Å²) in [5, 5.41) is 0.502. The van der Waals surface area contributed by atoms with E-state index in [-0.39, 0.29) is 34.3 Å². The summed E-state index contributed by atoms with van der Waals surface area (Å²) in [6.45, 7) is 5.63. The van der Waals surface area contributed by atoms with Crippen LogP contribution in [0.5, 0.6) is 0 Å². The molecule has 1 aliphatic carbocycles. The van der Waals surface area contributed by atoms with Gasteiger partial charge in [-0.1, -0.05) is 12.6 Å². The molecule has 0 fully saturated rings. The second-order valence-corrected chi connectivity index (χ2v) is 6.98. The summed E-state index contributed by atoms with van der Waals surface area (Å²) >= 11 is 0. The lowest BCUT2D eigenvalue weighted by atomic mass is 9.90. The Balaban J connectivity index is 1.91. The van der Waals surface area contributed by atoms with Gasteiger partial charge in [0.2, 0.25) is 5.78 Å². The molecule has 2 aromatic carbocycles. The lowest BCUT2D eigenvalue weighted by Gasteiger charge is -2.14. The van der Waals surface area contributed by atoms with Gasteiger partial charge in [-0.25, -0.2) is 0 Å². The first-order valence-electron chi connectivity index (χ1n) is 8.65. The lowest BCUT2D eigenvalue weighted by molar-refractivity contribution is -0.143. The second-order valence-electron chi connectivity index (χ2n) is 6.98. The summed E-state index contributed by atoms with van der Waals surface area (Å²) in [6.07, 6.45) is -8.54. The van der Waals surface area contributed by atoms with Crippen molar-refractivity contribution in [1.82, 2.24) is 0 Å². The number of ketones is 1. The summed E-state index contributed by atoms with van der Waals surface area (Å²) in [6, 6.07) is 5.57. The number of alkyl halides is 6. The van der Waals surface area contributed by atoms with Gasteiger partial charge in [0.1, 0.15) is 5.58 Å². The molecular formula is C22H12F6O2. The fourth-order valence-corrected chi connectivity index (χ4v) is 3.42. The first-order valence-corrected chi connectivity index (χ1v) is 8.65. The monoisotopic (exact) mass is 422 g/mol. The first kappa shape index (κ1) is 20.0. The molecule has 0 saturated carbocycles. The molecule has 0 bridgehead atoms. The smallest absolute Gasteiger partial charge is 0.416 e. The van der Waals surface area contributed by atoms with Crippen molar-refractivity contribution in [2.24, 2.45) is 0 Å². The molecule has 2 nitrogen and oxygen atoms in total. The molecule has 0 unspecified atom stereocenters. The molecule has 1 heterocycles. The van der Waals surface area contributed by atoms with E-state index in [0.717, 1.165) is 0 Å². The van der Waals surface area contributed by atoms with Crippen molar-refractivity contribution in [3.63, 3.8) is 0 Å². The Morgan fingerprint density at radius 1 is 0.867 bits per heavy atom. The maximum absolute atomic E-state index is 13.1. The fourth-order valence-electron chi connectivity index (χ4n) is 3.42. The quantitative estimate of drug-likeness (QED) is 0.386. The maximum atomic E-state index is 13.1. The Morgan fingerprint density at radius 3 is 2.03 bits per heavy atom. The number of carbonyl (C=O) groups is 1. The van der Waals surface area contributed by atoms with Gasteiger partial charge in [0.15, 0.2) is 5.76 Å². The van der Waals surface area contributed by atoms with Crippen LogP contribution in [0.15, 0.2) is 59.0 Å². The van der Waals surface area contributed by atoms with Crippen molar-refractivity contribution in [1.29, 1.82) is 0 Å². The van der Waals surface area contributed by atoms with Gasteiger partial charge in [-0.15, -0.1) is 0 Å². The predicted octanol–water partition coefficient (Wildman–Crippen LogP) is 7.29. The number of hydrogen-bond donors (Lipinski definition) is 0. The minimum atomic E-state index is -4.95. The summed E-state index contributed by atoms with van der Waals surface area (Å²) in [7, 11) is 0. The Kier molecular flexibility index (Phi) is 4.24. The number of carbonyl (C=O) groups excluding carboxylic acids is 1. The van der Waals surface area contributed by atoms with Crippen LogP contribution in [0.2, 0.25) is 0 Å². The summed E-state index contributed by atoms with van der Waals surface area (Å²) in [4.78, 5) is 12.2. The average molecular weight is 422 g/mol. The maximum Gasteiger partial charge on any atom is 0.416 e. The van der Waals surface area contributed by atoms with E-state index in [0.29, 0.717) is 34.2 Å². The van der Waals surface area contributed by atoms with Gasteiger partial charge in [0, 0.05) is 10.9 Å². The standard InChI is InChI=1S/C22H12F6O2/c1-10-5-17(29)20-19(11(10)2)16-4-3-12(8-18(16)30-20)13-6-14(21(23,24)25)9-15(7-13)22(26,27)28/h3-9H,2H2,1H3. The molecule has 30 heavy (non-hydrogen) atoms. The third kappa shape index (κ3) is 3.22. The van der Waals surface area contributed by atoms with E-state index in [1.165, 1.54) is 24.3 Å². The average Bonchev–Trinajstić information content (AvgIpc) is 3.04. The zero-order valence-electron chi connectivity index (χ0n) is 15.3. The minimum Gasteiger partial charge on any atom is -0.452 e. The normalized spacial score (nSPS) is 14.8. The molecule has 1 aliphatic rings. The highest BCUT2D eigenvalue weighted by molar-refractivity contribution is 6.16. The Labute approximate surface area is 166 Å². The predicted molar refractivity (Wildman–Crippen MR) is 98.8 cm³/mol. The van der Waals surface area contributed by atoms with Gasteiger partial charge in [0.05, 0.1) is 11.1 Å². The van der Waals surface area contributed by atoms with Gasteiger partial charge < -0.3 is 4.42 Å². The number of halogens is 6. The zero-order chi connectivity index (χ0) is 22.0. The van der Waals surface area contributed by atoms with E-state index < -0.39 is 23.5 Å². The molecule has 0 N–H and O–H groups in total. The van der Waals surface area contributed by atoms with Gasteiger partial charge in [-0.05, 0) is 65.6 Å². The number of furan rings is 1. The molecule has 1 aromatic heterocycles. The van der Waals surface area contributed by atoms with E-state index in [2.05, 4.69) is 6.58 Å². The molecule has 0 atom stereocenters. The van der Waals surface area contributed by atoms with Crippen molar-refractivity contribution >= 4 is 22.3 Å². The zero-order valence-corrected chi connectivity index (χ0v) is 15.3. The molecule has 0 aliphatic heterocycles. The van der Waals surface area contributed by atoms with Gasteiger partial charge in [-0.2, -0.15) is 26.3 Å². The number of hydrogen-bond acceptors (Lipinski definition) is 2. The molecular weight excluding hydrogens is 410 g/mol. The van der Waals surface area contributed by atoms with Crippen LogP contribution in [0.25, 0.3) is 27.7 Å². The van der Waals surface area contributed by atoms with Crippen molar-refractivity contribution in [2.75, 3.05) is 0 Å². The van der Waals surface area contributed by atoms with Crippen LogP contribution in [0, 0.1) is 0 Å². The molecule has 0 amide bonds. The Morgan fingerprint density at radius 2 is 1.47 bits per heavy atom. The largest absolute Gasteiger partial charge is 0.452 e. The van der Waals surface area contributed by atoms with Crippen LogP contribution in [0.3, 0.4) is 0 Å². The SMILES string of the molecule is C=C1C(C)=CC(=O)c2oc3cc(-c4cc(C(F)(F)F)cc(C(F)(F)F)c4)ccc3c21. The summed E-state index contributed by atoms with van der Waals surface area (Å²) in [5.41, 5.74) is -1.14. The molecule has 0 spiro atoms. The lowest BCUT2D eigenvalue weighted by Crippen LogP contribution is -2.11. The van der Waals surface area contributed by atoms with E-state index in [1.54, 1.807) is 6.92 Å². The molecule has 0 radical (unpaired) electrons. The summed E-state index contributed by atoms with van der Waals surface area (Å²) in [5.74, 6) is -0.344. The van der Waals surface area contributed by atoms with E-state index in [1.807, 2.05) is 0 Å². The number of rotatable bonds is 1. The minimum absolute atomic E-state index is 0.0396. The van der Waals surface area contributed by atoms with Crippen LogP contribution in [-0.2, 0) is 12.4 Å².